The molecule has 1 aliphatic carbocycles. The standard InChI is InChI=1S/C27H27BrO6/c1-27(26(31)33-16-18-8-5-7-17-6-3-4-9-20(17)18)12-10-19(11-13-27)34-24-14-21(25(29)30)23(32-2)15-22(24)28/h3-9,14-15,19H,10-13,16H2,1-2H3,(H,29,30). The number of methoxy groups -OCH3 is 1. The molecule has 4 rings (SSSR count). The van der Waals surface area contributed by atoms with E-state index in [-0.39, 0.29) is 30.0 Å². The summed E-state index contributed by atoms with van der Waals surface area (Å²) in [7, 11) is 1.43. The molecule has 0 unspecified atom stereocenters. The van der Waals surface area contributed by atoms with Gasteiger partial charge in [-0.2, -0.15) is 0 Å². The Bertz CT molecular complexity index is 1210. The molecule has 0 aromatic heterocycles. The van der Waals surface area contributed by atoms with Gasteiger partial charge in [0.2, 0.25) is 0 Å². The molecule has 0 aliphatic heterocycles. The molecule has 0 radical (unpaired) electrons. The molecule has 3 aromatic carbocycles. The van der Waals surface area contributed by atoms with Crippen LogP contribution in [0.4, 0.5) is 0 Å². The number of hydrogen-bond donors (Lipinski definition) is 1. The first-order valence-corrected chi connectivity index (χ1v) is 12.0. The van der Waals surface area contributed by atoms with Gasteiger partial charge in [-0.1, -0.05) is 42.5 Å². The van der Waals surface area contributed by atoms with Gasteiger partial charge in [0, 0.05) is 0 Å². The second kappa shape index (κ2) is 10.1. The molecule has 1 fully saturated rings. The van der Waals surface area contributed by atoms with Crippen molar-refractivity contribution in [2.24, 2.45) is 5.41 Å². The van der Waals surface area contributed by atoms with E-state index in [1.54, 1.807) is 6.07 Å². The molecule has 178 valence electrons. The summed E-state index contributed by atoms with van der Waals surface area (Å²) in [6.45, 7) is 2.19. The van der Waals surface area contributed by atoms with Crippen molar-refractivity contribution in [3.05, 3.63) is 70.2 Å². The molecule has 0 heterocycles. The Morgan fingerprint density at radius 1 is 1.06 bits per heavy atom. The number of carbonyl (C=O) groups excluding carboxylic acids is 1. The maximum atomic E-state index is 13.0. The topological polar surface area (TPSA) is 82.1 Å². The highest BCUT2D eigenvalue weighted by molar-refractivity contribution is 9.10. The van der Waals surface area contributed by atoms with Gasteiger partial charge < -0.3 is 19.3 Å². The highest BCUT2D eigenvalue weighted by Crippen LogP contribution is 2.40. The molecule has 7 heteroatoms. The minimum atomic E-state index is -1.08. The van der Waals surface area contributed by atoms with Crippen molar-refractivity contribution in [1.82, 2.24) is 0 Å². The summed E-state index contributed by atoms with van der Waals surface area (Å²) in [6, 6.07) is 17.1. The van der Waals surface area contributed by atoms with Gasteiger partial charge in [-0.05, 0) is 77.0 Å². The number of carbonyl (C=O) groups is 2. The molecule has 0 amide bonds. The van der Waals surface area contributed by atoms with Crippen molar-refractivity contribution in [2.45, 2.75) is 45.3 Å². The number of ether oxygens (including phenoxy) is 3. The molecule has 0 bridgehead atoms. The van der Waals surface area contributed by atoms with Crippen LogP contribution in [-0.4, -0.2) is 30.3 Å². The number of carboxylic acids is 1. The Labute approximate surface area is 207 Å². The number of benzene rings is 3. The molecule has 0 spiro atoms. The smallest absolute Gasteiger partial charge is 0.339 e. The van der Waals surface area contributed by atoms with E-state index >= 15 is 0 Å². The van der Waals surface area contributed by atoms with Gasteiger partial charge >= 0.3 is 11.9 Å². The van der Waals surface area contributed by atoms with Crippen LogP contribution >= 0.6 is 15.9 Å². The monoisotopic (exact) mass is 526 g/mol. The predicted molar refractivity (Wildman–Crippen MR) is 132 cm³/mol. The zero-order chi connectivity index (χ0) is 24.3. The summed E-state index contributed by atoms with van der Waals surface area (Å²) in [5.74, 6) is -0.570. The SMILES string of the molecule is COc1cc(Br)c(OC2CCC(C)(C(=O)OCc3cccc4ccccc34)CC2)cc1C(=O)O. The summed E-state index contributed by atoms with van der Waals surface area (Å²) < 4.78 is 17.6. The third-order valence-corrected chi connectivity index (χ3v) is 7.17. The minimum Gasteiger partial charge on any atom is -0.496 e. The van der Waals surface area contributed by atoms with Gasteiger partial charge in [-0.15, -0.1) is 0 Å². The number of carboxylic acid groups (broad SMARTS) is 1. The summed E-state index contributed by atoms with van der Waals surface area (Å²) in [6.07, 6.45) is 2.48. The van der Waals surface area contributed by atoms with Crippen LogP contribution in [0, 0.1) is 5.41 Å². The fourth-order valence-corrected chi connectivity index (χ4v) is 4.84. The van der Waals surface area contributed by atoms with Gasteiger partial charge in [-0.25, -0.2) is 4.79 Å². The van der Waals surface area contributed by atoms with Crippen molar-refractivity contribution in [2.75, 3.05) is 7.11 Å². The molecule has 6 nitrogen and oxygen atoms in total. The normalized spacial score (nSPS) is 20.0. The molecular weight excluding hydrogens is 500 g/mol. The Balaban J connectivity index is 1.37. The van der Waals surface area contributed by atoms with Crippen LogP contribution in [0.3, 0.4) is 0 Å². The number of halogens is 1. The van der Waals surface area contributed by atoms with Crippen LogP contribution < -0.4 is 9.47 Å². The van der Waals surface area contributed by atoms with Crippen LogP contribution in [0.15, 0.2) is 59.1 Å². The van der Waals surface area contributed by atoms with E-state index in [9.17, 15) is 14.7 Å². The zero-order valence-electron chi connectivity index (χ0n) is 19.2. The van der Waals surface area contributed by atoms with Gasteiger partial charge in [0.15, 0.2) is 0 Å². The Morgan fingerprint density at radius 2 is 1.76 bits per heavy atom. The van der Waals surface area contributed by atoms with E-state index in [0.717, 1.165) is 16.3 Å². The van der Waals surface area contributed by atoms with Crippen molar-refractivity contribution >= 4 is 38.6 Å². The zero-order valence-corrected chi connectivity index (χ0v) is 20.8. The molecule has 0 atom stereocenters. The number of hydrogen-bond acceptors (Lipinski definition) is 5. The molecule has 1 N–H and O–H groups in total. The minimum absolute atomic E-state index is 0.0401. The highest BCUT2D eigenvalue weighted by Gasteiger charge is 2.39. The highest BCUT2D eigenvalue weighted by atomic mass is 79.9. The lowest BCUT2D eigenvalue weighted by Crippen LogP contribution is -2.37. The van der Waals surface area contributed by atoms with E-state index in [0.29, 0.717) is 35.9 Å². The van der Waals surface area contributed by atoms with E-state index in [1.165, 1.54) is 13.2 Å². The second-order valence-corrected chi connectivity index (χ2v) is 9.73. The average molecular weight is 527 g/mol. The van der Waals surface area contributed by atoms with E-state index in [4.69, 9.17) is 14.2 Å². The first-order valence-electron chi connectivity index (χ1n) is 11.2. The predicted octanol–water partition coefficient (Wildman–Crippen LogP) is 6.38. The number of rotatable bonds is 7. The Morgan fingerprint density at radius 3 is 2.47 bits per heavy atom. The summed E-state index contributed by atoms with van der Waals surface area (Å²) in [5, 5.41) is 11.6. The maximum Gasteiger partial charge on any atom is 0.339 e. The molecule has 0 saturated heterocycles. The molecular formula is C27H27BrO6. The average Bonchev–Trinajstić information content (AvgIpc) is 2.84. The quantitative estimate of drug-likeness (QED) is 0.359. The number of esters is 1. The lowest BCUT2D eigenvalue weighted by Gasteiger charge is -2.35. The van der Waals surface area contributed by atoms with E-state index in [1.807, 2.05) is 49.4 Å². The molecule has 1 aliphatic rings. The summed E-state index contributed by atoms with van der Waals surface area (Å²) in [4.78, 5) is 24.5. The second-order valence-electron chi connectivity index (χ2n) is 8.88. The first-order chi connectivity index (χ1) is 16.3. The van der Waals surface area contributed by atoms with Crippen molar-refractivity contribution in [1.29, 1.82) is 0 Å². The largest absolute Gasteiger partial charge is 0.496 e. The van der Waals surface area contributed by atoms with Crippen molar-refractivity contribution < 1.29 is 28.9 Å². The van der Waals surface area contributed by atoms with E-state index < -0.39 is 11.4 Å². The lowest BCUT2D eigenvalue weighted by atomic mass is 9.74. The molecule has 3 aromatic rings. The van der Waals surface area contributed by atoms with Crippen LogP contribution in [-0.2, 0) is 16.1 Å². The fraction of sp³-hybridized carbons (Fsp3) is 0.333. The fourth-order valence-electron chi connectivity index (χ4n) is 4.43. The number of aromatic carboxylic acids is 1. The van der Waals surface area contributed by atoms with Gasteiger partial charge in [-0.3, -0.25) is 4.79 Å². The van der Waals surface area contributed by atoms with Crippen molar-refractivity contribution in [3.8, 4) is 11.5 Å². The Hall–Kier alpha value is -3.06. The molecule has 34 heavy (non-hydrogen) atoms. The van der Waals surface area contributed by atoms with Gasteiger partial charge in [0.05, 0.1) is 23.1 Å². The van der Waals surface area contributed by atoms with Gasteiger partial charge in [0.25, 0.3) is 0 Å². The lowest BCUT2D eigenvalue weighted by molar-refractivity contribution is -0.159. The van der Waals surface area contributed by atoms with Gasteiger partial charge in [0.1, 0.15) is 23.7 Å². The van der Waals surface area contributed by atoms with Crippen LogP contribution in [0.1, 0.15) is 48.5 Å². The summed E-state index contributed by atoms with van der Waals surface area (Å²) >= 11 is 3.43. The van der Waals surface area contributed by atoms with Crippen LogP contribution in [0.2, 0.25) is 0 Å². The number of fused-ring (bicyclic) bond motifs is 1. The third kappa shape index (κ3) is 5.04. The van der Waals surface area contributed by atoms with Crippen molar-refractivity contribution in [3.63, 3.8) is 0 Å². The van der Waals surface area contributed by atoms with Crippen LogP contribution in [0.25, 0.3) is 10.8 Å². The van der Waals surface area contributed by atoms with E-state index in [2.05, 4.69) is 15.9 Å². The Kier molecular flexibility index (Phi) is 7.12. The first kappa shape index (κ1) is 24.1. The third-order valence-electron chi connectivity index (χ3n) is 6.55. The maximum absolute atomic E-state index is 13.0. The van der Waals surface area contributed by atoms with Crippen LogP contribution in [0.5, 0.6) is 11.5 Å². The summed E-state index contributed by atoms with van der Waals surface area (Å²) in [5.41, 5.74) is 0.456. The molecule has 1 saturated carbocycles.